The second-order valence-electron chi connectivity index (χ2n) is 3.70. The molecule has 0 spiro atoms. The SMILES string of the molecule is CC(N)Cc1cc(N)cc2ccoc12. The Morgan fingerprint density at radius 3 is 2.93 bits per heavy atom. The number of fused-ring (bicyclic) bond motifs is 1. The standard InChI is InChI=1S/C11H14N2O/c1-7(12)4-9-6-10(13)5-8-2-3-14-11(8)9/h2-3,5-7H,4,12-13H2,1H3. The summed E-state index contributed by atoms with van der Waals surface area (Å²) in [6.07, 6.45) is 2.46. The zero-order valence-electron chi connectivity index (χ0n) is 8.16. The van der Waals surface area contributed by atoms with Gasteiger partial charge >= 0.3 is 0 Å². The Bertz CT molecular complexity index is 445. The van der Waals surface area contributed by atoms with Crippen molar-refractivity contribution < 1.29 is 4.42 Å². The lowest BCUT2D eigenvalue weighted by molar-refractivity contribution is 0.606. The molecule has 1 unspecified atom stereocenters. The van der Waals surface area contributed by atoms with E-state index in [0.717, 1.165) is 28.6 Å². The number of hydrogen-bond acceptors (Lipinski definition) is 3. The molecule has 0 bridgehead atoms. The quantitative estimate of drug-likeness (QED) is 0.711. The van der Waals surface area contributed by atoms with Crippen LogP contribution in [0.2, 0.25) is 0 Å². The third kappa shape index (κ3) is 1.59. The van der Waals surface area contributed by atoms with E-state index < -0.39 is 0 Å². The molecule has 3 heteroatoms. The molecule has 1 heterocycles. The predicted octanol–water partition coefficient (Wildman–Crippen LogP) is 1.90. The van der Waals surface area contributed by atoms with Crippen molar-refractivity contribution in [3.8, 4) is 0 Å². The first-order chi connectivity index (χ1) is 6.66. The van der Waals surface area contributed by atoms with Gasteiger partial charge in [-0.3, -0.25) is 0 Å². The highest BCUT2D eigenvalue weighted by Crippen LogP contribution is 2.24. The number of benzene rings is 1. The molecule has 14 heavy (non-hydrogen) atoms. The minimum atomic E-state index is 0.116. The van der Waals surface area contributed by atoms with Crippen LogP contribution in [0.4, 0.5) is 5.69 Å². The molecule has 0 amide bonds. The maximum Gasteiger partial charge on any atom is 0.137 e. The highest BCUT2D eigenvalue weighted by molar-refractivity contribution is 5.84. The van der Waals surface area contributed by atoms with Crippen molar-refractivity contribution in [1.29, 1.82) is 0 Å². The van der Waals surface area contributed by atoms with E-state index in [1.807, 2.05) is 25.1 Å². The molecule has 1 aromatic carbocycles. The molecule has 0 aliphatic heterocycles. The summed E-state index contributed by atoms with van der Waals surface area (Å²) in [5, 5.41) is 1.04. The van der Waals surface area contributed by atoms with Gasteiger partial charge in [-0.15, -0.1) is 0 Å². The van der Waals surface area contributed by atoms with E-state index >= 15 is 0 Å². The Morgan fingerprint density at radius 2 is 2.21 bits per heavy atom. The minimum absolute atomic E-state index is 0.116. The van der Waals surface area contributed by atoms with E-state index in [4.69, 9.17) is 15.9 Å². The van der Waals surface area contributed by atoms with Crippen molar-refractivity contribution in [1.82, 2.24) is 0 Å². The normalized spacial score (nSPS) is 13.3. The van der Waals surface area contributed by atoms with Gasteiger partial charge in [-0.25, -0.2) is 0 Å². The zero-order chi connectivity index (χ0) is 10.1. The summed E-state index contributed by atoms with van der Waals surface area (Å²) in [5.41, 5.74) is 14.3. The average Bonchev–Trinajstić information content (AvgIpc) is 2.50. The Balaban J connectivity index is 2.55. The molecular weight excluding hydrogens is 176 g/mol. The van der Waals surface area contributed by atoms with Crippen LogP contribution in [0.5, 0.6) is 0 Å². The van der Waals surface area contributed by atoms with E-state index in [2.05, 4.69) is 0 Å². The van der Waals surface area contributed by atoms with Crippen molar-refractivity contribution >= 4 is 16.7 Å². The Morgan fingerprint density at radius 1 is 1.43 bits per heavy atom. The van der Waals surface area contributed by atoms with Gasteiger partial charge in [0.1, 0.15) is 5.58 Å². The first kappa shape index (κ1) is 9.09. The largest absolute Gasteiger partial charge is 0.464 e. The van der Waals surface area contributed by atoms with Crippen molar-refractivity contribution in [2.75, 3.05) is 5.73 Å². The summed E-state index contributed by atoms with van der Waals surface area (Å²) in [6.45, 7) is 1.97. The van der Waals surface area contributed by atoms with Gasteiger partial charge in [-0.1, -0.05) is 0 Å². The fourth-order valence-corrected chi connectivity index (χ4v) is 1.68. The molecule has 0 fully saturated rings. The van der Waals surface area contributed by atoms with Gasteiger partial charge in [0.25, 0.3) is 0 Å². The van der Waals surface area contributed by atoms with E-state index in [0.29, 0.717) is 0 Å². The Kier molecular flexibility index (Phi) is 2.17. The van der Waals surface area contributed by atoms with Gasteiger partial charge in [0.2, 0.25) is 0 Å². The third-order valence-corrected chi connectivity index (χ3v) is 2.19. The minimum Gasteiger partial charge on any atom is -0.464 e. The summed E-state index contributed by atoms with van der Waals surface area (Å²) < 4.78 is 5.39. The lowest BCUT2D eigenvalue weighted by Crippen LogP contribution is -2.17. The van der Waals surface area contributed by atoms with E-state index in [9.17, 15) is 0 Å². The van der Waals surface area contributed by atoms with Crippen LogP contribution < -0.4 is 11.5 Å². The Hall–Kier alpha value is -1.48. The number of hydrogen-bond donors (Lipinski definition) is 2. The fourth-order valence-electron chi connectivity index (χ4n) is 1.68. The van der Waals surface area contributed by atoms with Gasteiger partial charge in [-0.2, -0.15) is 0 Å². The van der Waals surface area contributed by atoms with Gasteiger partial charge < -0.3 is 15.9 Å². The highest BCUT2D eigenvalue weighted by atomic mass is 16.3. The summed E-state index contributed by atoms with van der Waals surface area (Å²) in [5.74, 6) is 0. The Labute approximate surface area is 82.7 Å². The van der Waals surface area contributed by atoms with Gasteiger partial charge in [-0.05, 0) is 37.1 Å². The smallest absolute Gasteiger partial charge is 0.137 e. The van der Waals surface area contributed by atoms with Crippen LogP contribution in [0.15, 0.2) is 28.9 Å². The fraction of sp³-hybridized carbons (Fsp3) is 0.273. The van der Waals surface area contributed by atoms with Crippen LogP contribution in [-0.4, -0.2) is 6.04 Å². The van der Waals surface area contributed by atoms with Gasteiger partial charge in [0.15, 0.2) is 0 Å². The van der Waals surface area contributed by atoms with Gasteiger partial charge in [0, 0.05) is 17.1 Å². The first-order valence-electron chi connectivity index (χ1n) is 4.68. The van der Waals surface area contributed by atoms with Crippen LogP contribution in [0.3, 0.4) is 0 Å². The monoisotopic (exact) mass is 190 g/mol. The maximum atomic E-state index is 5.78. The average molecular weight is 190 g/mol. The zero-order valence-corrected chi connectivity index (χ0v) is 8.16. The number of nitrogen functional groups attached to an aromatic ring is 1. The lowest BCUT2D eigenvalue weighted by atomic mass is 10.0. The van der Waals surface area contributed by atoms with Crippen LogP contribution in [0, 0.1) is 0 Å². The summed E-state index contributed by atoms with van der Waals surface area (Å²) >= 11 is 0. The second kappa shape index (κ2) is 3.35. The third-order valence-electron chi connectivity index (χ3n) is 2.19. The molecule has 1 atom stereocenters. The van der Waals surface area contributed by atoms with Crippen LogP contribution >= 0.6 is 0 Å². The maximum absolute atomic E-state index is 5.78. The molecule has 3 nitrogen and oxygen atoms in total. The van der Waals surface area contributed by atoms with Gasteiger partial charge in [0.05, 0.1) is 6.26 Å². The lowest BCUT2D eigenvalue weighted by Gasteiger charge is -2.06. The van der Waals surface area contributed by atoms with Crippen molar-refractivity contribution in [2.45, 2.75) is 19.4 Å². The predicted molar refractivity (Wildman–Crippen MR) is 58.0 cm³/mol. The number of anilines is 1. The molecule has 0 saturated heterocycles. The van der Waals surface area contributed by atoms with E-state index in [-0.39, 0.29) is 6.04 Å². The van der Waals surface area contributed by atoms with E-state index in [1.54, 1.807) is 6.26 Å². The molecule has 2 aromatic rings. The first-order valence-corrected chi connectivity index (χ1v) is 4.68. The molecule has 0 aliphatic carbocycles. The highest BCUT2D eigenvalue weighted by Gasteiger charge is 2.07. The molecule has 74 valence electrons. The molecule has 0 radical (unpaired) electrons. The topological polar surface area (TPSA) is 65.2 Å². The molecule has 4 N–H and O–H groups in total. The summed E-state index contributed by atoms with van der Waals surface area (Å²) in [6, 6.07) is 5.86. The van der Waals surface area contributed by atoms with Crippen molar-refractivity contribution in [2.24, 2.45) is 5.73 Å². The summed E-state index contributed by atoms with van der Waals surface area (Å²) in [4.78, 5) is 0. The molecular formula is C11H14N2O. The number of furan rings is 1. The number of rotatable bonds is 2. The molecule has 2 rings (SSSR count). The molecule has 0 aliphatic rings. The van der Waals surface area contributed by atoms with E-state index in [1.165, 1.54) is 0 Å². The molecule has 0 saturated carbocycles. The van der Waals surface area contributed by atoms with Crippen LogP contribution in [-0.2, 0) is 6.42 Å². The summed E-state index contributed by atoms with van der Waals surface area (Å²) in [7, 11) is 0. The van der Waals surface area contributed by atoms with Crippen molar-refractivity contribution in [3.63, 3.8) is 0 Å². The number of nitrogens with two attached hydrogens (primary N) is 2. The van der Waals surface area contributed by atoms with Crippen LogP contribution in [0.1, 0.15) is 12.5 Å². The van der Waals surface area contributed by atoms with Crippen molar-refractivity contribution in [3.05, 3.63) is 30.0 Å². The van der Waals surface area contributed by atoms with Crippen LogP contribution in [0.25, 0.3) is 11.0 Å². The molecule has 1 aromatic heterocycles. The second-order valence-corrected chi connectivity index (χ2v) is 3.70.